The molecule has 0 aromatic heterocycles. The Kier molecular flexibility index (Phi) is 4.60. The fourth-order valence-electron chi connectivity index (χ4n) is 2.54. The summed E-state index contributed by atoms with van der Waals surface area (Å²) < 4.78 is 23.2. The van der Waals surface area contributed by atoms with Gasteiger partial charge in [-0.05, 0) is 44.0 Å². The Bertz CT molecular complexity index is 652. The highest BCUT2D eigenvalue weighted by molar-refractivity contribution is 7.90. The van der Waals surface area contributed by atoms with Crippen molar-refractivity contribution in [2.24, 2.45) is 0 Å². The Labute approximate surface area is 130 Å². The van der Waals surface area contributed by atoms with E-state index in [-0.39, 0.29) is 10.8 Å². The molecule has 1 fully saturated rings. The molecule has 0 spiro atoms. The van der Waals surface area contributed by atoms with Crippen molar-refractivity contribution in [2.75, 3.05) is 18.1 Å². The summed E-state index contributed by atoms with van der Waals surface area (Å²) in [5, 5.41) is 6.31. The summed E-state index contributed by atoms with van der Waals surface area (Å²) in [4.78, 5) is 12.6. The molecule has 0 saturated carbocycles. The highest BCUT2D eigenvalue weighted by Crippen LogP contribution is 2.29. The quantitative estimate of drug-likeness (QED) is 0.887. The van der Waals surface area contributed by atoms with Gasteiger partial charge in [0.2, 0.25) is 5.91 Å². The van der Waals surface area contributed by atoms with Crippen LogP contribution in [0.25, 0.3) is 0 Å². The maximum absolute atomic E-state index is 12.5. The zero-order valence-corrected chi connectivity index (χ0v) is 13.6. The minimum atomic E-state index is -3.34. The number of halogens is 1. The Morgan fingerprint density at radius 2 is 2.19 bits per heavy atom. The van der Waals surface area contributed by atoms with Gasteiger partial charge in [-0.2, -0.15) is 0 Å². The first-order valence-electron chi connectivity index (χ1n) is 6.84. The fourth-order valence-corrected chi connectivity index (χ4v) is 3.35. The van der Waals surface area contributed by atoms with E-state index in [9.17, 15) is 13.2 Å². The first kappa shape index (κ1) is 16.3. The van der Waals surface area contributed by atoms with E-state index in [0.29, 0.717) is 17.1 Å². The monoisotopic (exact) mass is 330 g/mol. The predicted octanol–water partition coefficient (Wildman–Crippen LogP) is 2.21. The van der Waals surface area contributed by atoms with Gasteiger partial charge in [0.25, 0.3) is 0 Å². The summed E-state index contributed by atoms with van der Waals surface area (Å²) >= 11 is 6.06. The third kappa shape index (κ3) is 3.39. The number of nitrogens with one attached hydrogen (secondary N) is 2. The van der Waals surface area contributed by atoms with Crippen LogP contribution in [0.5, 0.6) is 0 Å². The van der Waals surface area contributed by atoms with Crippen molar-refractivity contribution in [2.45, 2.75) is 36.6 Å². The number of amides is 1. The molecule has 1 aromatic carbocycles. The fraction of sp³-hybridized carbons (Fsp3) is 0.500. The summed E-state index contributed by atoms with van der Waals surface area (Å²) in [7, 11) is -3.34. The molecule has 2 N–H and O–H groups in total. The predicted molar refractivity (Wildman–Crippen MR) is 83.5 cm³/mol. The third-order valence-electron chi connectivity index (χ3n) is 3.90. The molecule has 1 amide bonds. The van der Waals surface area contributed by atoms with Crippen molar-refractivity contribution in [1.82, 2.24) is 5.32 Å². The largest absolute Gasteiger partial charge is 0.323 e. The highest BCUT2D eigenvalue weighted by atomic mass is 35.5. The van der Waals surface area contributed by atoms with Crippen LogP contribution in [-0.4, -0.2) is 32.7 Å². The molecular formula is C14H19ClN2O3S. The van der Waals surface area contributed by atoms with Crippen LogP contribution in [0.3, 0.4) is 0 Å². The lowest BCUT2D eigenvalue weighted by Gasteiger charge is -2.27. The summed E-state index contributed by atoms with van der Waals surface area (Å²) in [6.45, 7) is 2.75. The van der Waals surface area contributed by atoms with Crippen LogP contribution >= 0.6 is 11.6 Å². The molecule has 2 rings (SSSR count). The van der Waals surface area contributed by atoms with E-state index in [1.807, 2.05) is 6.92 Å². The van der Waals surface area contributed by atoms with Gasteiger partial charge in [-0.3, -0.25) is 4.79 Å². The van der Waals surface area contributed by atoms with E-state index in [2.05, 4.69) is 10.6 Å². The molecule has 21 heavy (non-hydrogen) atoms. The number of hydrogen-bond donors (Lipinski definition) is 2. The van der Waals surface area contributed by atoms with Gasteiger partial charge in [0.15, 0.2) is 9.84 Å². The molecule has 1 aliphatic heterocycles. The number of anilines is 1. The normalized spacial score (nSPS) is 22.2. The van der Waals surface area contributed by atoms with Gasteiger partial charge in [0.05, 0.1) is 21.1 Å². The van der Waals surface area contributed by atoms with E-state index >= 15 is 0 Å². The number of rotatable bonds is 4. The lowest BCUT2D eigenvalue weighted by atomic mass is 9.93. The Hall–Kier alpha value is -1.11. The molecule has 1 aliphatic rings. The molecule has 1 saturated heterocycles. The van der Waals surface area contributed by atoms with Crippen molar-refractivity contribution in [1.29, 1.82) is 0 Å². The van der Waals surface area contributed by atoms with Crippen LogP contribution < -0.4 is 10.6 Å². The lowest BCUT2D eigenvalue weighted by Crippen LogP contribution is -2.50. The number of hydrogen-bond acceptors (Lipinski definition) is 4. The van der Waals surface area contributed by atoms with Crippen LogP contribution in [0.15, 0.2) is 23.1 Å². The van der Waals surface area contributed by atoms with Crippen LogP contribution in [0, 0.1) is 0 Å². The third-order valence-corrected chi connectivity index (χ3v) is 5.34. The topological polar surface area (TPSA) is 75.3 Å². The van der Waals surface area contributed by atoms with Crippen LogP contribution in [0.1, 0.15) is 26.2 Å². The van der Waals surface area contributed by atoms with Gasteiger partial charge in [-0.15, -0.1) is 0 Å². The van der Waals surface area contributed by atoms with Gasteiger partial charge >= 0.3 is 0 Å². The Morgan fingerprint density at radius 1 is 1.48 bits per heavy atom. The van der Waals surface area contributed by atoms with Gasteiger partial charge < -0.3 is 10.6 Å². The van der Waals surface area contributed by atoms with Crippen molar-refractivity contribution >= 4 is 33.0 Å². The highest BCUT2D eigenvalue weighted by Gasteiger charge is 2.39. The molecule has 1 unspecified atom stereocenters. The second kappa shape index (κ2) is 5.94. The van der Waals surface area contributed by atoms with E-state index in [1.165, 1.54) is 18.2 Å². The average molecular weight is 331 g/mol. The SMILES string of the molecule is CCC1(C(=O)Nc2cc(S(C)(=O)=O)ccc2Cl)CCCN1. The van der Waals surface area contributed by atoms with E-state index in [1.54, 1.807) is 0 Å². The summed E-state index contributed by atoms with van der Waals surface area (Å²) in [5.74, 6) is -0.171. The molecule has 1 heterocycles. The minimum Gasteiger partial charge on any atom is -0.323 e. The smallest absolute Gasteiger partial charge is 0.244 e. The molecule has 5 nitrogen and oxygen atoms in total. The van der Waals surface area contributed by atoms with Crippen molar-refractivity contribution in [3.8, 4) is 0 Å². The van der Waals surface area contributed by atoms with Gasteiger partial charge in [-0.1, -0.05) is 18.5 Å². The van der Waals surface area contributed by atoms with Crippen LogP contribution in [0.2, 0.25) is 5.02 Å². The molecule has 116 valence electrons. The molecule has 0 radical (unpaired) electrons. The maximum atomic E-state index is 12.5. The molecule has 1 aromatic rings. The molecular weight excluding hydrogens is 312 g/mol. The first-order valence-corrected chi connectivity index (χ1v) is 9.11. The number of sulfone groups is 1. The van der Waals surface area contributed by atoms with Crippen molar-refractivity contribution in [3.05, 3.63) is 23.2 Å². The van der Waals surface area contributed by atoms with Crippen molar-refractivity contribution in [3.63, 3.8) is 0 Å². The zero-order chi connectivity index (χ0) is 15.7. The van der Waals surface area contributed by atoms with Crippen molar-refractivity contribution < 1.29 is 13.2 Å². The Morgan fingerprint density at radius 3 is 2.71 bits per heavy atom. The summed E-state index contributed by atoms with van der Waals surface area (Å²) in [6, 6.07) is 4.30. The van der Waals surface area contributed by atoms with Crippen LogP contribution in [0.4, 0.5) is 5.69 Å². The zero-order valence-electron chi connectivity index (χ0n) is 12.1. The molecule has 0 bridgehead atoms. The van der Waals surface area contributed by atoms with Crippen LogP contribution in [-0.2, 0) is 14.6 Å². The van der Waals surface area contributed by atoms with Gasteiger partial charge in [0.1, 0.15) is 0 Å². The second-order valence-corrected chi connectivity index (χ2v) is 7.76. The maximum Gasteiger partial charge on any atom is 0.244 e. The standard InChI is InChI=1S/C14H19ClN2O3S/c1-3-14(7-4-8-16-14)13(18)17-12-9-10(21(2,19)20)5-6-11(12)15/h5-6,9,16H,3-4,7-8H2,1-2H3,(H,17,18). The summed E-state index contributed by atoms with van der Waals surface area (Å²) in [5.41, 5.74) is -0.268. The lowest BCUT2D eigenvalue weighted by molar-refractivity contribution is -0.122. The Balaban J connectivity index is 2.29. The summed E-state index contributed by atoms with van der Waals surface area (Å²) in [6.07, 6.45) is 3.49. The van der Waals surface area contributed by atoms with Gasteiger partial charge in [-0.25, -0.2) is 8.42 Å². The van der Waals surface area contributed by atoms with E-state index in [0.717, 1.165) is 25.6 Å². The second-order valence-electron chi connectivity index (χ2n) is 5.33. The average Bonchev–Trinajstić information content (AvgIpc) is 2.90. The van der Waals surface area contributed by atoms with E-state index < -0.39 is 15.4 Å². The van der Waals surface area contributed by atoms with Gasteiger partial charge in [0, 0.05) is 6.26 Å². The molecule has 1 atom stereocenters. The number of benzene rings is 1. The number of carbonyl (C=O) groups excluding carboxylic acids is 1. The number of carbonyl (C=O) groups is 1. The first-order chi connectivity index (χ1) is 9.78. The van der Waals surface area contributed by atoms with E-state index in [4.69, 9.17) is 11.6 Å². The minimum absolute atomic E-state index is 0.132. The molecule has 7 heteroatoms. The molecule has 0 aliphatic carbocycles.